The smallest absolute Gasteiger partial charge is 0.351 e. The van der Waals surface area contributed by atoms with Crippen molar-refractivity contribution in [2.75, 3.05) is 12.3 Å². The van der Waals surface area contributed by atoms with Gasteiger partial charge in [-0.15, -0.1) is 0 Å². The highest BCUT2D eigenvalue weighted by molar-refractivity contribution is 5.75. The summed E-state index contributed by atoms with van der Waals surface area (Å²) in [5.41, 5.74) is 11.4. The summed E-state index contributed by atoms with van der Waals surface area (Å²) in [7, 11) is 0. The number of carbonyl (C=O) groups excluding carboxylic acids is 1. The second kappa shape index (κ2) is 11.3. The molecule has 3 rings (SSSR count). The van der Waals surface area contributed by atoms with Crippen molar-refractivity contribution in [2.24, 2.45) is 5.73 Å². The monoisotopic (exact) mass is 450 g/mol. The molecule has 1 saturated heterocycles. The van der Waals surface area contributed by atoms with Crippen LogP contribution in [0.2, 0.25) is 0 Å². The first-order valence-electron chi connectivity index (χ1n) is 9.62. The van der Waals surface area contributed by atoms with Crippen molar-refractivity contribution in [1.29, 1.82) is 0 Å². The predicted molar refractivity (Wildman–Crippen MR) is 111 cm³/mol. The quantitative estimate of drug-likeness (QED) is 0.326. The second-order valence-corrected chi connectivity index (χ2v) is 7.03. The molecule has 5 atom stereocenters. The van der Waals surface area contributed by atoms with Gasteiger partial charge in [0.1, 0.15) is 36.8 Å². The van der Waals surface area contributed by atoms with Crippen LogP contribution in [0.3, 0.4) is 0 Å². The minimum Gasteiger partial charge on any atom is -0.481 e. The first-order valence-corrected chi connectivity index (χ1v) is 9.62. The summed E-state index contributed by atoms with van der Waals surface area (Å²) < 4.78 is 11.6. The summed E-state index contributed by atoms with van der Waals surface area (Å²) >= 11 is 0. The Balaban J connectivity index is 0.000000837. The van der Waals surface area contributed by atoms with E-state index < -0.39 is 48.2 Å². The number of aliphatic hydroxyl groups excluding tert-OH is 2. The van der Waals surface area contributed by atoms with E-state index in [9.17, 15) is 19.8 Å². The zero-order chi connectivity index (χ0) is 23.8. The minimum absolute atomic E-state index is 0.0205. The summed E-state index contributed by atoms with van der Waals surface area (Å²) in [6, 6.07) is 9.70. The van der Waals surface area contributed by atoms with Gasteiger partial charge in [0, 0.05) is 13.1 Å². The van der Waals surface area contributed by atoms with Crippen molar-refractivity contribution >= 4 is 17.8 Å². The number of aliphatic carboxylic acids is 1. The van der Waals surface area contributed by atoms with Crippen LogP contribution < -0.4 is 17.2 Å². The highest BCUT2D eigenvalue weighted by atomic mass is 16.6. The van der Waals surface area contributed by atoms with Crippen molar-refractivity contribution in [1.82, 2.24) is 9.55 Å². The van der Waals surface area contributed by atoms with Gasteiger partial charge < -0.3 is 36.3 Å². The second-order valence-electron chi connectivity index (χ2n) is 7.03. The largest absolute Gasteiger partial charge is 0.481 e. The number of aromatic nitrogens is 2. The molecule has 32 heavy (non-hydrogen) atoms. The lowest BCUT2D eigenvalue weighted by Gasteiger charge is -2.17. The van der Waals surface area contributed by atoms with Gasteiger partial charge >= 0.3 is 11.7 Å². The number of nitrogens with zero attached hydrogens (tertiary/aromatic N) is 2. The van der Waals surface area contributed by atoms with E-state index >= 15 is 0 Å². The van der Waals surface area contributed by atoms with E-state index in [1.54, 1.807) is 0 Å². The molecule has 0 unspecified atom stereocenters. The van der Waals surface area contributed by atoms with E-state index in [1.165, 1.54) is 12.3 Å². The number of rotatable bonds is 6. The Hall–Kier alpha value is -3.32. The van der Waals surface area contributed by atoms with Crippen molar-refractivity contribution < 1.29 is 34.4 Å². The number of esters is 1. The normalized spacial score (nSPS) is 23.0. The van der Waals surface area contributed by atoms with Crippen LogP contribution in [0.25, 0.3) is 0 Å². The predicted octanol–water partition coefficient (Wildman–Crippen LogP) is -1.35. The molecule has 12 nitrogen and oxygen atoms in total. The number of nitrogen functional groups attached to an aromatic ring is 1. The minimum atomic E-state index is -1.41. The number of hydrogen-bond donors (Lipinski definition) is 5. The van der Waals surface area contributed by atoms with Crippen LogP contribution >= 0.6 is 0 Å². The van der Waals surface area contributed by atoms with Crippen LogP contribution in [0.1, 0.15) is 18.7 Å². The number of anilines is 1. The number of carbonyl (C=O) groups is 2. The lowest BCUT2D eigenvalue weighted by atomic mass is 10.1. The van der Waals surface area contributed by atoms with Crippen molar-refractivity contribution in [3.05, 3.63) is 58.6 Å². The molecule has 0 saturated carbocycles. The zero-order valence-corrected chi connectivity index (χ0v) is 17.3. The summed E-state index contributed by atoms with van der Waals surface area (Å²) in [5.74, 6) is -1.48. The van der Waals surface area contributed by atoms with E-state index in [-0.39, 0.29) is 12.4 Å². The fraction of sp³-hybridized carbons (Fsp3) is 0.400. The van der Waals surface area contributed by atoms with Gasteiger partial charge in [0.15, 0.2) is 6.23 Å². The number of nitrogens with two attached hydrogens (primary N) is 2. The van der Waals surface area contributed by atoms with E-state index in [1.807, 2.05) is 30.3 Å². The molecule has 1 aliphatic heterocycles. The summed E-state index contributed by atoms with van der Waals surface area (Å²) in [6.07, 6.45) is -3.40. The van der Waals surface area contributed by atoms with Crippen LogP contribution in [0.15, 0.2) is 47.4 Å². The van der Waals surface area contributed by atoms with E-state index in [0.717, 1.165) is 17.1 Å². The van der Waals surface area contributed by atoms with Gasteiger partial charge in [0.2, 0.25) is 0 Å². The fourth-order valence-corrected chi connectivity index (χ4v) is 2.94. The molecule has 1 aromatic carbocycles. The fourth-order valence-electron chi connectivity index (χ4n) is 2.94. The summed E-state index contributed by atoms with van der Waals surface area (Å²) in [6.45, 7) is 0.757. The highest BCUT2D eigenvalue weighted by Crippen LogP contribution is 2.28. The average Bonchev–Trinajstić information content (AvgIpc) is 3.00. The first kappa shape index (κ1) is 24.9. The number of carboxylic acids is 1. The van der Waals surface area contributed by atoms with Crippen LogP contribution in [0, 0.1) is 0 Å². The third kappa shape index (κ3) is 6.85. The molecule has 1 aliphatic rings. The maximum atomic E-state index is 12.1. The molecule has 1 fully saturated rings. The van der Waals surface area contributed by atoms with Crippen LogP contribution in [0.4, 0.5) is 5.82 Å². The van der Waals surface area contributed by atoms with Crippen molar-refractivity contribution in [3.8, 4) is 0 Å². The van der Waals surface area contributed by atoms with Crippen LogP contribution in [-0.4, -0.2) is 67.8 Å². The maximum Gasteiger partial charge on any atom is 0.351 e. The lowest BCUT2D eigenvalue weighted by molar-refractivity contribution is -0.151. The van der Waals surface area contributed by atoms with Crippen LogP contribution in [0.5, 0.6) is 0 Å². The van der Waals surface area contributed by atoms with E-state index in [4.69, 9.17) is 30.8 Å². The Kier molecular flexibility index (Phi) is 8.84. The molecule has 12 heteroatoms. The van der Waals surface area contributed by atoms with Gasteiger partial charge in [0.25, 0.3) is 5.97 Å². The standard InChI is InChI=1S/C18H22N4O6.C2H4O2/c19-11(8-10-4-2-1-3-5-10)17(25)27-9-12-14(23)15(24)16(28-12)22-7-6-13(20)21-18(22)26;1-2(3)4/h1-7,11-12,14-16,23-24H,8-9,19H2,(H2,20,21,26);1H3,(H,3,4)/t11-,12+,14+,15-,16+;/m0./s1. The van der Waals surface area contributed by atoms with Gasteiger partial charge in [-0.3, -0.25) is 14.2 Å². The van der Waals surface area contributed by atoms with E-state index in [0.29, 0.717) is 6.42 Å². The summed E-state index contributed by atoms with van der Waals surface area (Å²) in [5, 5.41) is 27.8. The van der Waals surface area contributed by atoms with Gasteiger partial charge in [-0.2, -0.15) is 4.98 Å². The molecule has 0 radical (unpaired) electrons. The zero-order valence-electron chi connectivity index (χ0n) is 17.3. The van der Waals surface area contributed by atoms with Gasteiger partial charge in [-0.25, -0.2) is 4.79 Å². The van der Waals surface area contributed by atoms with E-state index in [2.05, 4.69) is 4.98 Å². The molecule has 0 bridgehead atoms. The molecular formula is C20H26N4O8. The molecule has 7 N–H and O–H groups in total. The molecule has 0 amide bonds. The topological polar surface area (TPSA) is 200 Å². The highest BCUT2D eigenvalue weighted by Gasteiger charge is 2.44. The van der Waals surface area contributed by atoms with Crippen LogP contribution in [-0.2, 0) is 25.5 Å². The Labute approximate surface area is 183 Å². The third-order valence-electron chi connectivity index (χ3n) is 4.45. The van der Waals surface area contributed by atoms with Gasteiger partial charge in [-0.05, 0) is 18.1 Å². The van der Waals surface area contributed by atoms with Crippen molar-refractivity contribution in [2.45, 2.75) is 43.9 Å². The molecule has 0 aliphatic carbocycles. The molecule has 174 valence electrons. The van der Waals surface area contributed by atoms with Crippen molar-refractivity contribution in [3.63, 3.8) is 0 Å². The third-order valence-corrected chi connectivity index (χ3v) is 4.45. The number of carboxylic acid groups (broad SMARTS) is 1. The summed E-state index contributed by atoms with van der Waals surface area (Å²) in [4.78, 5) is 36.6. The Morgan fingerprint density at radius 2 is 1.84 bits per heavy atom. The molecule has 2 heterocycles. The SMILES string of the molecule is CC(=O)O.Nc1ccn([C@@H]2O[C@H](COC(=O)[C@@H](N)Cc3ccccc3)[C@@H](O)[C@@H]2O)c(=O)n1. The van der Waals surface area contributed by atoms with Gasteiger partial charge in [-0.1, -0.05) is 30.3 Å². The maximum absolute atomic E-state index is 12.1. The molecule has 0 spiro atoms. The number of hydrogen-bond acceptors (Lipinski definition) is 10. The molecule has 2 aromatic rings. The van der Waals surface area contributed by atoms with Gasteiger partial charge in [0.05, 0.1) is 0 Å². The lowest BCUT2D eigenvalue weighted by Crippen LogP contribution is -2.39. The Morgan fingerprint density at radius 1 is 1.22 bits per heavy atom. The number of benzene rings is 1. The number of ether oxygens (including phenoxy) is 2. The average molecular weight is 450 g/mol. The number of aliphatic hydroxyl groups is 2. The Bertz CT molecular complexity index is 964. The molecular weight excluding hydrogens is 424 g/mol. The molecule has 1 aromatic heterocycles. The first-order chi connectivity index (χ1) is 15.1. The Morgan fingerprint density at radius 3 is 2.44 bits per heavy atom.